The van der Waals surface area contributed by atoms with Crippen LogP contribution in [0.15, 0.2) is 152 Å². The molecule has 0 radical (unpaired) electrons. The molecule has 0 amide bonds. The van der Waals surface area contributed by atoms with Crippen LogP contribution < -0.4 is 30.8 Å². The van der Waals surface area contributed by atoms with E-state index in [4.69, 9.17) is 0 Å². The van der Waals surface area contributed by atoms with Crippen molar-refractivity contribution in [1.82, 2.24) is 4.49 Å². The number of rotatable bonds is 10. The average Bonchev–Trinajstić information content (AvgIpc) is 2.98. The number of hydrogen-bond acceptors (Lipinski definition) is 3. The molecule has 0 saturated heterocycles. The minimum atomic E-state index is -3.60. The van der Waals surface area contributed by atoms with Crippen molar-refractivity contribution < 1.29 is 8.42 Å². The van der Waals surface area contributed by atoms with Gasteiger partial charge in [0, 0.05) is 0 Å². The number of nitrogens with one attached hydrogen (secondary N) is 2. The standard InChI is InChI=1S/C32H32N2O2P2S/c1-39(35,36)34-38(31-23-13-5-14-24-31,32-25-15-6-16-26-32)27-37(29-19-9-3-10-20-29,30-21-11-4-12-22-30)33-28-17-7-2-8-18-28/h2-26,33-34H,27H2,1H3/q+2. The summed E-state index contributed by atoms with van der Waals surface area (Å²) in [7, 11) is -8.85. The van der Waals surface area contributed by atoms with E-state index < -0.39 is 24.8 Å². The molecule has 0 unspecified atom stereocenters. The molecule has 5 aromatic carbocycles. The van der Waals surface area contributed by atoms with Crippen molar-refractivity contribution in [3.63, 3.8) is 0 Å². The largest absolute Gasteiger partial charge is 0.248 e. The molecule has 0 bridgehead atoms. The van der Waals surface area contributed by atoms with E-state index in [1.54, 1.807) is 0 Å². The van der Waals surface area contributed by atoms with Gasteiger partial charge in [-0.25, -0.2) is 13.5 Å². The van der Waals surface area contributed by atoms with E-state index in [1.807, 2.05) is 66.7 Å². The van der Waals surface area contributed by atoms with E-state index in [0.29, 0.717) is 5.90 Å². The molecule has 0 heterocycles. The second-order valence-electron chi connectivity index (χ2n) is 9.44. The molecule has 7 heteroatoms. The van der Waals surface area contributed by atoms with Crippen LogP contribution in [0.5, 0.6) is 0 Å². The predicted molar refractivity (Wildman–Crippen MR) is 171 cm³/mol. The molecule has 2 N–H and O–H groups in total. The van der Waals surface area contributed by atoms with E-state index in [9.17, 15) is 8.42 Å². The number of hydrogen-bond donors (Lipinski definition) is 2. The second kappa shape index (κ2) is 11.8. The van der Waals surface area contributed by atoms with E-state index in [-0.39, 0.29) is 0 Å². The lowest BCUT2D eigenvalue weighted by molar-refractivity contribution is 0.600. The van der Waals surface area contributed by atoms with Crippen LogP contribution in [-0.2, 0) is 10.0 Å². The van der Waals surface area contributed by atoms with Crippen molar-refractivity contribution >= 4 is 51.8 Å². The highest BCUT2D eigenvalue weighted by Gasteiger charge is 2.60. The molecule has 39 heavy (non-hydrogen) atoms. The highest BCUT2D eigenvalue weighted by atomic mass is 32.2. The van der Waals surface area contributed by atoms with Gasteiger partial charge in [0.1, 0.15) is 21.2 Å². The predicted octanol–water partition coefficient (Wildman–Crippen LogP) is 5.77. The summed E-state index contributed by atoms with van der Waals surface area (Å²) >= 11 is 0. The first-order chi connectivity index (χ1) is 18.9. The zero-order valence-corrected chi connectivity index (χ0v) is 24.4. The summed E-state index contributed by atoms with van der Waals surface area (Å²) < 4.78 is 29.7. The number of anilines is 1. The minimum Gasteiger partial charge on any atom is -0.248 e. The summed E-state index contributed by atoms with van der Waals surface area (Å²) in [5, 5.41) is 8.31. The summed E-state index contributed by atoms with van der Waals surface area (Å²) in [6.45, 7) is 0. The smallest absolute Gasteiger partial charge is 0.238 e. The first-order valence-electron chi connectivity index (χ1n) is 12.7. The minimum absolute atomic E-state index is 0.573. The zero-order valence-electron chi connectivity index (χ0n) is 21.8. The molecule has 0 fully saturated rings. The molecular formula is C32H32N2O2P2S+2. The Bertz CT molecular complexity index is 1510. The van der Waals surface area contributed by atoms with Gasteiger partial charge < -0.3 is 0 Å². The van der Waals surface area contributed by atoms with Gasteiger partial charge in [-0.15, -0.1) is 0 Å². The molecule has 5 aromatic rings. The van der Waals surface area contributed by atoms with Gasteiger partial charge in [-0.1, -0.05) is 95.5 Å². The fraction of sp³-hybridized carbons (Fsp3) is 0.0625. The van der Waals surface area contributed by atoms with Gasteiger partial charge in [-0.3, -0.25) is 0 Å². The van der Waals surface area contributed by atoms with Crippen molar-refractivity contribution in [2.75, 3.05) is 17.2 Å². The molecule has 0 aromatic heterocycles. The topological polar surface area (TPSA) is 58.2 Å². The lowest BCUT2D eigenvalue weighted by Gasteiger charge is -2.34. The number of benzene rings is 5. The van der Waals surface area contributed by atoms with Gasteiger partial charge in [0.25, 0.3) is 0 Å². The van der Waals surface area contributed by atoms with Crippen LogP contribution in [0.4, 0.5) is 5.69 Å². The summed E-state index contributed by atoms with van der Waals surface area (Å²) in [5.41, 5.74) is 0.997. The Morgan fingerprint density at radius 1 is 0.487 bits per heavy atom. The third kappa shape index (κ3) is 6.13. The molecule has 0 saturated carbocycles. The highest BCUT2D eigenvalue weighted by Crippen LogP contribution is 2.70. The molecule has 0 aliphatic heterocycles. The fourth-order valence-corrected chi connectivity index (χ4v) is 18.5. The van der Waals surface area contributed by atoms with Crippen LogP contribution in [-0.4, -0.2) is 20.6 Å². The fourth-order valence-electron chi connectivity index (χ4n) is 4.99. The normalized spacial score (nSPS) is 12.1. The van der Waals surface area contributed by atoms with Crippen molar-refractivity contribution in [1.29, 1.82) is 0 Å². The summed E-state index contributed by atoms with van der Waals surface area (Å²) in [5.74, 6) is 0.573. The Morgan fingerprint density at radius 2 is 0.795 bits per heavy atom. The molecule has 0 spiro atoms. The maximum atomic E-state index is 13.2. The summed E-state index contributed by atoms with van der Waals surface area (Å²) in [4.78, 5) is 0. The van der Waals surface area contributed by atoms with Gasteiger partial charge in [0.15, 0.2) is 0 Å². The monoisotopic (exact) mass is 570 g/mol. The molecule has 0 aliphatic carbocycles. The lowest BCUT2D eigenvalue weighted by Crippen LogP contribution is -2.42. The van der Waals surface area contributed by atoms with Crippen LogP contribution in [0.1, 0.15) is 0 Å². The molecule has 0 aliphatic rings. The van der Waals surface area contributed by atoms with Gasteiger partial charge in [0.05, 0.1) is 11.9 Å². The van der Waals surface area contributed by atoms with Crippen LogP contribution in [0.2, 0.25) is 0 Å². The first-order valence-corrected chi connectivity index (χ1v) is 18.6. The van der Waals surface area contributed by atoms with Crippen LogP contribution in [0.25, 0.3) is 0 Å². The number of sulfonamides is 1. The Morgan fingerprint density at radius 3 is 1.13 bits per heavy atom. The van der Waals surface area contributed by atoms with Crippen molar-refractivity contribution in [2.24, 2.45) is 0 Å². The molecule has 196 valence electrons. The van der Waals surface area contributed by atoms with E-state index in [2.05, 4.69) is 94.5 Å². The van der Waals surface area contributed by atoms with Gasteiger partial charge >= 0.3 is 0 Å². The van der Waals surface area contributed by atoms with E-state index in [0.717, 1.165) is 26.9 Å². The second-order valence-corrected chi connectivity index (χ2v) is 18.4. The highest BCUT2D eigenvalue weighted by molar-refractivity contribution is 8.09. The molecule has 5 rings (SSSR count). The molecular weight excluding hydrogens is 538 g/mol. The van der Waals surface area contributed by atoms with Crippen LogP contribution in [0.3, 0.4) is 0 Å². The van der Waals surface area contributed by atoms with E-state index in [1.165, 1.54) is 6.26 Å². The van der Waals surface area contributed by atoms with Crippen molar-refractivity contribution in [3.8, 4) is 0 Å². The van der Waals surface area contributed by atoms with Crippen LogP contribution in [0, 0.1) is 0 Å². The Hall–Kier alpha value is -3.33. The average molecular weight is 571 g/mol. The third-order valence-electron chi connectivity index (χ3n) is 6.63. The van der Waals surface area contributed by atoms with Crippen molar-refractivity contribution in [2.45, 2.75) is 0 Å². The molecule has 4 nitrogen and oxygen atoms in total. The Balaban J connectivity index is 1.86. The SMILES string of the molecule is CS(=O)(=O)N[P+](C[P+](Nc1ccccc1)(c1ccccc1)c1ccccc1)(c1ccccc1)c1ccccc1. The lowest BCUT2D eigenvalue weighted by atomic mass is 10.3. The number of para-hydroxylation sites is 1. The van der Waals surface area contributed by atoms with Crippen LogP contribution >= 0.6 is 14.8 Å². The Kier molecular flexibility index (Phi) is 8.26. The Labute approximate surface area is 233 Å². The molecule has 0 atom stereocenters. The quantitative estimate of drug-likeness (QED) is 0.210. The zero-order chi connectivity index (χ0) is 27.2. The van der Waals surface area contributed by atoms with Gasteiger partial charge in [-0.2, -0.15) is 0 Å². The maximum absolute atomic E-state index is 13.2. The third-order valence-corrected chi connectivity index (χ3v) is 18.0. The van der Waals surface area contributed by atoms with Crippen molar-refractivity contribution in [3.05, 3.63) is 152 Å². The van der Waals surface area contributed by atoms with E-state index >= 15 is 0 Å². The maximum Gasteiger partial charge on any atom is 0.238 e. The summed E-state index contributed by atoms with van der Waals surface area (Å²) in [6.07, 6.45) is 1.27. The first kappa shape index (κ1) is 27.2. The summed E-state index contributed by atoms with van der Waals surface area (Å²) in [6, 6.07) is 51.4. The van der Waals surface area contributed by atoms with Gasteiger partial charge in [-0.05, 0) is 60.7 Å². The van der Waals surface area contributed by atoms with Gasteiger partial charge in [0.2, 0.25) is 30.8 Å².